The van der Waals surface area contributed by atoms with Crippen molar-refractivity contribution in [2.75, 3.05) is 44.3 Å². The molecule has 39 heavy (non-hydrogen) atoms. The van der Waals surface area contributed by atoms with E-state index in [4.69, 9.17) is 4.74 Å². The molecule has 3 N–H and O–H groups in total. The summed E-state index contributed by atoms with van der Waals surface area (Å²) in [6.45, 7) is 5.16. The van der Waals surface area contributed by atoms with Crippen molar-refractivity contribution >= 4 is 5.69 Å². The molecule has 3 aromatic carbocycles. The van der Waals surface area contributed by atoms with Crippen LogP contribution >= 0.6 is 0 Å². The Bertz CT molecular complexity index is 1200. The number of nitrogens with zero attached hydrogens (tertiary/aromatic N) is 2. The molecule has 6 heteroatoms. The van der Waals surface area contributed by atoms with Crippen LogP contribution in [-0.4, -0.2) is 59.6 Å². The SMILES string of the molecule is OCCN(Cc1ccc(OCCN2CCCCCC2)cc1)c1cc(O)ccc1C1CCc2cc(O)ccc2C1. The number of anilines is 1. The van der Waals surface area contributed by atoms with Gasteiger partial charge in [-0.3, -0.25) is 4.90 Å². The molecule has 5 rings (SSSR count). The Morgan fingerprint density at radius 1 is 0.846 bits per heavy atom. The largest absolute Gasteiger partial charge is 0.508 e. The van der Waals surface area contributed by atoms with E-state index in [-0.39, 0.29) is 12.4 Å². The van der Waals surface area contributed by atoms with Crippen LogP contribution in [0.2, 0.25) is 0 Å². The number of ether oxygens (including phenoxy) is 1. The molecule has 1 aliphatic carbocycles. The lowest BCUT2D eigenvalue weighted by molar-refractivity contribution is 0.214. The number of aliphatic hydroxyl groups excluding tert-OH is 1. The smallest absolute Gasteiger partial charge is 0.119 e. The highest BCUT2D eigenvalue weighted by Crippen LogP contribution is 2.40. The number of phenolic OH excluding ortho intramolecular Hbond substituents is 2. The summed E-state index contributed by atoms with van der Waals surface area (Å²) >= 11 is 0. The van der Waals surface area contributed by atoms with Crippen molar-refractivity contribution in [1.29, 1.82) is 0 Å². The monoisotopic (exact) mass is 530 g/mol. The van der Waals surface area contributed by atoms with Crippen molar-refractivity contribution < 1.29 is 20.1 Å². The third kappa shape index (κ3) is 7.25. The van der Waals surface area contributed by atoms with E-state index in [2.05, 4.69) is 21.9 Å². The number of benzene rings is 3. The summed E-state index contributed by atoms with van der Waals surface area (Å²) in [4.78, 5) is 4.67. The molecule has 0 aromatic heterocycles. The summed E-state index contributed by atoms with van der Waals surface area (Å²) in [6, 6.07) is 19.6. The maximum atomic E-state index is 10.4. The van der Waals surface area contributed by atoms with Crippen LogP contribution in [-0.2, 0) is 19.4 Å². The maximum Gasteiger partial charge on any atom is 0.119 e. The lowest BCUT2D eigenvalue weighted by Gasteiger charge is -2.32. The van der Waals surface area contributed by atoms with Gasteiger partial charge < -0.3 is 25.0 Å². The number of aryl methyl sites for hydroxylation is 1. The molecule has 208 valence electrons. The van der Waals surface area contributed by atoms with Gasteiger partial charge in [0.15, 0.2) is 0 Å². The highest BCUT2D eigenvalue weighted by molar-refractivity contribution is 5.59. The third-order valence-electron chi connectivity index (χ3n) is 8.25. The molecular weight excluding hydrogens is 488 g/mol. The Labute approximate surface area is 232 Å². The van der Waals surface area contributed by atoms with Crippen molar-refractivity contribution in [2.24, 2.45) is 0 Å². The van der Waals surface area contributed by atoms with Crippen molar-refractivity contribution in [3.8, 4) is 17.2 Å². The van der Waals surface area contributed by atoms with Crippen molar-refractivity contribution in [1.82, 2.24) is 4.90 Å². The van der Waals surface area contributed by atoms with Gasteiger partial charge in [0.25, 0.3) is 0 Å². The van der Waals surface area contributed by atoms with Gasteiger partial charge in [-0.2, -0.15) is 0 Å². The minimum atomic E-state index is 0.0273. The molecule has 3 aromatic rings. The number of hydrogen-bond donors (Lipinski definition) is 3. The van der Waals surface area contributed by atoms with E-state index in [1.165, 1.54) is 55.5 Å². The van der Waals surface area contributed by atoms with E-state index < -0.39 is 0 Å². The molecular formula is C33H42N2O4. The average Bonchev–Trinajstić information content (AvgIpc) is 3.22. The summed E-state index contributed by atoms with van der Waals surface area (Å²) in [5, 5.41) is 30.2. The van der Waals surface area contributed by atoms with E-state index in [0.717, 1.165) is 42.8 Å². The standard InChI is InChI=1S/C33H42N2O4/c36-19-17-35(24-25-5-12-31(13-6-25)39-20-18-34-15-3-1-2-4-16-34)33-23-30(38)11-14-32(33)28-8-7-27-22-29(37)10-9-26(27)21-28/h5-6,9-14,22-23,28,36-38H,1-4,7-8,15-21,24H2. The number of fused-ring (bicyclic) bond motifs is 1. The second-order valence-corrected chi connectivity index (χ2v) is 11.0. The van der Waals surface area contributed by atoms with Gasteiger partial charge in [0.1, 0.15) is 23.9 Å². The van der Waals surface area contributed by atoms with Crippen molar-refractivity contribution in [3.05, 3.63) is 82.9 Å². The fraction of sp³-hybridized carbons (Fsp3) is 0.455. The Hall–Kier alpha value is -3.22. The van der Waals surface area contributed by atoms with E-state index in [1.54, 1.807) is 12.1 Å². The van der Waals surface area contributed by atoms with Gasteiger partial charge in [-0.15, -0.1) is 0 Å². The first-order valence-electron chi connectivity index (χ1n) is 14.5. The molecule has 0 radical (unpaired) electrons. The van der Waals surface area contributed by atoms with E-state index in [9.17, 15) is 15.3 Å². The number of likely N-dealkylation sites (tertiary alicyclic amines) is 1. The van der Waals surface area contributed by atoms with E-state index in [1.807, 2.05) is 36.4 Å². The Morgan fingerprint density at radius 3 is 2.36 bits per heavy atom. The summed E-state index contributed by atoms with van der Waals surface area (Å²) in [6.07, 6.45) is 8.05. The number of phenols is 2. The zero-order valence-electron chi connectivity index (χ0n) is 22.9. The normalized spacial score (nSPS) is 17.8. The van der Waals surface area contributed by atoms with Gasteiger partial charge >= 0.3 is 0 Å². The second-order valence-electron chi connectivity index (χ2n) is 11.0. The van der Waals surface area contributed by atoms with Crippen LogP contribution in [0.4, 0.5) is 5.69 Å². The summed E-state index contributed by atoms with van der Waals surface area (Å²) in [7, 11) is 0. The first-order valence-corrected chi connectivity index (χ1v) is 14.5. The molecule has 1 aliphatic heterocycles. The van der Waals surface area contributed by atoms with Crippen LogP contribution in [0.25, 0.3) is 0 Å². The minimum Gasteiger partial charge on any atom is -0.508 e. The first-order chi connectivity index (χ1) is 19.1. The summed E-state index contributed by atoms with van der Waals surface area (Å²) < 4.78 is 6.05. The minimum absolute atomic E-state index is 0.0273. The van der Waals surface area contributed by atoms with Crippen LogP contribution in [0.3, 0.4) is 0 Å². The quantitative estimate of drug-likeness (QED) is 0.316. The van der Waals surface area contributed by atoms with Crippen LogP contribution in [0.5, 0.6) is 17.2 Å². The predicted octanol–water partition coefficient (Wildman–Crippen LogP) is 5.62. The Kier molecular flexibility index (Phi) is 9.27. The molecule has 2 aliphatic rings. The molecule has 0 bridgehead atoms. The van der Waals surface area contributed by atoms with Crippen LogP contribution < -0.4 is 9.64 Å². The van der Waals surface area contributed by atoms with E-state index in [0.29, 0.717) is 31.4 Å². The molecule has 0 spiro atoms. The Balaban J connectivity index is 1.26. The van der Waals surface area contributed by atoms with Gasteiger partial charge in [-0.1, -0.05) is 37.1 Å². The molecule has 0 amide bonds. The molecule has 1 heterocycles. The number of aliphatic hydroxyl groups is 1. The lowest BCUT2D eigenvalue weighted by atomic mass is 9.79. The highest BCUT2D eigenvalue weighted by atomic mass is 16.5. The maximum absolute atomic E-state index is 10.4. The van der Waals surface area contributed by atoms with Crippen molar-refractivity contribution in [2.45, 2.75) is 57.4 Å². The second kappa shape index (κ2) is 13.2. The topological polar surface area (TPSA) is 76.4 Å². The first kappa shape index (κ1) is 27.4. The molecule has 1 fully saturated rings. The molecule has 0 saturated carbocycles. The average molecular weight is 531 g/mol. The van der Waals surface area contributed by atoms with Gasteiger partial charge in [0.05, 0.1) is 6.61 Å². The van der Waals surface area contributed by atoms with Gasteiger partial charge in [-0.25, -0.2) is 0 Å². The summed E-state index contributed by atoms with van der Waals surface area (Å²) in [5.74, 6) is 1.73. The fourth-order valence-electron chi connectivity index (χ4n) is 6.13. The van der Waals surface area contributed by atoms with Crippen molar-refractivity contribution in [3.63, 3.8) is 0 Å². The van der Waals surface area contributed by atoms with E-state index >= 15 is 0 Å². The zero-order valence-corrected chi connectivity index (χ0v) is 22.9. The molecule has 1 unspecified atom stereocenters. The summed E-state index contributed by atoms with van der Waals surface area (Å²) in [5.41, 5.74) is 5.76. The van der Waals surface area contributed by atoms with Crippen LogP contribution in [0, 0.1) is 0 Å². The third-order valence-corrected chi connectivity index (χ3v) is 8.25. The van der Waals surface area contributed by atoms with Gasteiger partial charge in [0.2, 0.25) is 0 Å². The lowest BCUT2D eigenvalue weighted by Crippen LogP contribution is -2.29. The molecule has 1 atom stereocenters. The molecule has 6 nitrogen and oxygen atoms in total. The Morgan fingerprint density at radius 2 is 1.59 bits per heavy atom. The number of hydrogen-bond acceptors (Lipinski definition) is 6. The van der Waals surface area contributed by atoms with Gasteiger partial charge in [0, 0.05) is 31.4 Å². The zero-order chi connectivity index (χ0) is 27.0. The van der Waals surface area contributed by atoms with Crippen LogP contribution in [0.15, 0.2) is 60.7 Å². The fourth-order valence-corrected chi connectivity index (χ4v) is 6.13. The highest BCUT2D eigenvalue weighted by Gasteiger charge is 2.25. The van der Waals surface area contributed by atoms with Crippen LogP contribution in [0.1, 0.15) is 60.3 Å². The number of aromatic hydroxyl groups is 2. The number of rotatable bonds is 10. The predicted molar refractivity (Wildman–Crippen MR) is 156 cm³/mol. The molecule has 1 saturated heterocycles. The van der Waals surface area contributed by atoms with Gasteiger partial charge in [-0.05, 0) is 104 Å².